The minimum Gasteiger partial charge on any atom is -0.353 e. The molecule has 144 valence electrons. The number of H-pyrrole nitrogens is 1. The van der Waals surface area contributed by atoms with Gasteiger partial charge in [0.1, 0.15) is 0 Å². The molecule has 0 saturated carbocycles. The van der Waals surface area contributed by atoms with Crippen LogP contribution in [0.15, 0.2) is 40.0 Å². The largest absolute Gasteiger partial charge is 0.353 e. The molecule has 0 atom stereocenters. The number of aromatic amines is 1. The Morgan fingerprint density at radius 1 is 1.30 bits per heavy atom. The van der Waals surface area contributed by atoms with Crippen LogP contribution >= 0.6 is 0 Å². The SMILES string of the molecule is Cc1cc(=O)[nH]c(NC2CCN(S(=O)(=O)c3cccc([N+](=O)[O-])c3)CC2)n1. The van der Waals surface area contributed by atoms with E-state index in [1.54, 1.807) is 6.92 Å². The Balaban J connectivity index is 1.68. The van der Waals surface area contributed by atoms with Gasteiger partial charge in [-0.3, -0.25) is 19.9 Å². The summed E-state index contributed by atoms with van der Waals surface area (Å²) in [6.07, 6.45) is 1.04. The summed E-state index contributed by atoms with van der Waals surface area (Å²) in [5.74, 6) is 0.361. The number of hydrogen-bond acceptors (Lipinski definition) is 7. The number of nitro groups is 1. The fourth-order valence-corrected chi connectivity index (χ4v) is 4.50. The normalized spacial score (nSPS) is 16.2. The van der Waals surface area contributed by atoms with Gasteiger partial charge in [0.15, 0.2) is 0 Å². The van der Waals surface area contributed by atoms with Crippen LogP contribution in [0, 0.1) is 17.0 Å². The summed E-state index contributed by atoms with van der Waals surface area (Å²) in [5, 5.41) is 14.0. The number of hydrogen-bond donors (Lipinski definition) is 2. The number of nitrogens with zero attached hydrogens (tertiary/aromatic N) is 3. The van der Waals surface area contributed by atoms with Gasteiger partial charge in [-0.2, -0.15) is 4.31 Å². The Bertz CT molecular complexity index is 1010. The lowest BCUT2D eigenvalue weighted by Gasteiger charge is -2.31. The molecular formula is C16H19N5O5S. The van der Waals surface area contributed by atoms with Crippen molar-refractivity contribution in [3.05, 3.63) is 56.5 Å². The zero-order chi connectivity index (χ0) is 19.6. The number of rotatable bonds is 5. The molecule has 2 heterocycles. The monoisotopic (exact) mass is 393 g/mol. The highest BCUT2D eigenvalue weighted by atomic mass is 32.2. The lowest BCUT2D eigenvalue weighted by Crippen LogP contribution is -2.42. The van der Waals surface area contributed by atoms with E-state index in [2.05, 4.69) is 15.3 Å². The van der Waals surface area contributed by atoms with Gasteiger partial charge in [-0.05, 0) is 25.8 Å². The highest BCUT2D eigenvalue weighted by Crippen LogP contribution is 2.24. The molecule has 27 heavy (non-hydrogen) atoms. The number of aromatic nitrogens is 2. The van der Waals surface area contributed by atoms with Gasteiger partial charge < -0.3 is 5.32 Å². The molecule has 3 rings (SSSR count). The number of sulfonamides is 1. The third kappa shape index (κ3) is 4.31. The molecule has 2 aromatic rings. The lowest BCUT2D eigenvalue weighted by molar-refractivity contribution is -0.385. The summed E-state index contributed by atoms with van der Waals surface area (Å²) in [5.41, 5.74) is 0.0738. The standard InChI is InChI=1S/C16H19N5O5S/c1-11-9-15(22)19-16(17-11)18-12-5-7-20(8-6-12)27(25,26)14-4-2-3-13(10-14)21(23)24/h2-4,9-10,12H,5-8H2,1H3,(H2,17,18,19,22). The fraction of sp³-hybridized carbons (Fsp3) is 0.375. The molecule has 0 spiro atoms. The van der Waals surface area contributed by atoms with Crippen molar-refractivity contribution in [2.75, 3.05) is 18.4 Å². The lowest BCUT2D eigenvalue weighted by atomic mass is 10.1. The number of anilines is 1. The fourth-order valence-electron chi connectivity index (χ4n) is 2.99. The Morgan fingerprint density at radius 3 is 2.63 bits per heavy atom. The second kappa shape index (κ2) is 7.45. The van der Waals surface area contributed by atoms with Gasteiger partial charge in [0, 0.05) is 43.0 Å². The van der Waals surface area contributed by atoms with E-state index in [1.165, 1.54) is 28.6 Å². The van der Waals surface area contributed by atoms with Crippen molar-refractivity contribution in [1.29, 1.82) is 0 Å². The van der Waals surface area contributed by atoms with E-state index in [0.717, 1.165) is 6.07 Å². The smallest absolute Gasteiger partial charge is 0.270 e. The number of aryl methyl sites for hydroxylation is 1. The molecule has 1 aromatic heterocycles. The third-order valence-electron chi connectivity index (χ3n) is 4.33. The predicted molar refractivity (Wildman–Crippen MR) is 98.1 cm³/mol. The minimum atomic E-state index is -3.80. The molecule has 1 saturated heterocycles. The first kappa shape index (κ1) is 19.0. The Labute approximate surface area is 155 Å². The van der Waals surface area contributed by atoms with Crippen LogP contribution in [0.1, 0.15) is 18.5 Å². The predicted octanol–water partition coefficient (Wildman–Crippen LogP) is 1.25. The maximum absolute atomic E-state index is 12.7. The van der Waals surface area contributed by atoms with Crippen LogP contribution in [0.3, 0.4) is 0 Å². The molecule has 0 bridgehead atoms. The van der Waals surface area contributed by atoms with E-state index < -0.39 is 14.9 Å². The Morgan fingerprint density at radius 2 is 2.00 bits per heavy atom. The van der Waals surface area contributed by atoms with E-state index in [4.69, 9.17) is 0 Å². The van der Waals surface area contributed by atoms with Crippen LogP contribution < -0.4 is 10.9 Å². The molecule has 1 aromatic carbocycles. The third-order valence-corrected chi connectivity index (χ3v) is 6.23. The molecule has 0 radical (unpaired) electrons. The van der Waals surface area contributed by atoms with Crippen molar-refractivity contribution >= 4 is 21.7 Å². The topological polar surface area (TPSA) is 138 Å². The van der Waals surface area contributed by atoms with E-state index in [9.17, 15) is 23.3 Å². The van der Waals surface area contributed by atoms with Gasteiger partial charge in [-0.1, -0.05) is 6.07 Å². The first-order valence-corrected chi connectivity index (χ1v) is 9.79. The molecule has 10 nitrogen and oxygen atoms in total. The van der Waals surface area contributed by atoms with Gasteiger partial charge in [-0.25, -0.2) is 13.4 Å². The number of nitro benzene ring substituents is 1. The summed E-state index contributed by atoms with van der Waals surface area (Å²) >= 11 is 0. The van der Waals surface area contributed by atoms with Crippen molar-refractivity contribution in [1.82, 2.24) is 14.3 Å². The summed E-state index contributed by atoms with van der Waals surface area (Å²) in [6, 6.07) is 6.39. The van der Waals surface area contributed by atoms with E-state index in [0.29, 0.717) is 24.5 Å². The quantitative estimate of drug-likeness (QED) is 0.576. The van der Waals surface area contributed by atoms with E-state index >= 15 is 0 Å². The van der Waals surface area contributed by atoms with Crippen molar-refractivity contribution in [3.63, 3.8) is 0 Å². The minimum absolute atomic E-state index is 0.0356. The first-order valence-electron chi connectivity index (χ1n) is 8.35. The first-order chi connectivity index (χ1) is 12.8. The van der Waals surface area contributed by atoms with Gasteiger partial charge >= 0.3 is 0 Å². The zero-order valence-electron chi connectivity index (χ0n) is 14.6. The van der Waals surface area contributed by atoms with Crippen molar-refractivity contribution in [3.8, 4) is 0 Å². The molecule has 1 fully saturated rings. The maximum atomic E-state index is 12.7. The summed E-state index contributed by atoms with van der Waals surface area (Å²) in [7, 11) is -3.80. The maximum Gasteiger partial charge on any atom is 0.270 e. The summed E-state index contributed by atoms with van der Waals surface area (Å²) in [4.78, 5) is 28.5. The Hall–Kier alpha value is -2.79. The van der Waals surface area contributed by atoms with Gasteiger partial charge in [0.2, 0.25) is 16.0 Å². The van der Waals surface area contributed by atoms with Crippen LogP contribution in [-0.2, 0) is 10.0 Å². The highest BCUT2D eigenvalue weighted by molar-refractivity contribution is 7.89. The highest BCUT2D eigenvalue weighted by Gasteiger charge is 2.30. The van der Waals surface area contributed by atoms with E-state index in [-0.39, 0.29) is 35.3 Å². The van der Waals surface area contributed by atoms with E-state index in [1.807, 2.05) is 0 Å². The molecule has 0 unspecified atom stereocenters. The van der Waals surface area contributed by atoms with Crippen molar-refractivity contribution in [2.24, 2.45) is 0 Å². The number of benzene rings is 1. The zero-order valence-corrected chi connectivity index (χ0v) is 15.4. The molecule has 1 aliphatic rings. The van der Waals surface area contributed by atoms with Crippen molar-refractivity contribution in [2.45, 2.75) is 30.7 Å². The molecule has 0 amide bonds. The van der Waals surface area contributed by atoms with Crippen LogP contribution in [0.25, 0.3) is 0 Å². The number of nitrogens with one attached hydrogen (secondary N) is 2. The van der Waals surface area contributed by atoms with Gasteiger partial charge in [-0.15, -0.1) is 0 Å². The van der Waals surface area contributed by atoms with Crippen LogP contribution in [0.5, 0.6) is 0 Å². The average Bonchev–Trinajstić information content (AvgIpc) is 2.61. The average molecular weight is 393 g/mol. The van der Waals surface area contributed by atoms with Gasteiger partial charge in [0.05, 0.1) is 9.82 Å². The van der Waals surface area contributed by atoms with Crippen LogP contribution in [0.2, 0.25) is 0 Å². The number of non-ortho nitro benzene ring substituents is 1. The second-order valence-electron chi connectivity index (χ2n) is 6.31. The van der Waals surface area contributed by atoms with Crippen LogP contribution in [-0.4, -0.2) is 46.7 Å². The van der Waals surface area contributed by atoms with Crippen LogP contribution in [0.4, 0.5) is 11.6 Å². The summed E-state index contributed by atoms with van der Waals surface area (Å²) in [6.45, 7) is 2.24. The molecule has 0 aliphatic carbocycles. The Kier molecular flexibility index (Phi) is 5.24. The molecule has 1 aliphatic heterocycles. The van der Waals surface area contributed by atoms with Gasteiger partial charge in [0.25, 0.3) is 11.2 Å². The second-order valence-corrected chi connectivity index (χ2v) is 8.25. The molecule has 2 N–H and O–H groups in total. The molecular weight excluding hydrogens is 374 g/mol. The van der Waals surface area contributed by atoms with Crippen molar-refractivity contribution < 1.29 is 13.3 Å². The molecule has 11 heteroatoms. The number of piperidine rings is 1. The summed E-state index contributed by atoms with van der Waals surface area (Å²) < 4.78 is 26.8.